The molecule has 0 saturated heterocycles. The highest BCUT2D eigenvalue weighted by atomic mass is 16.3. The third kappa shape index (κ3) is 5.69. The van der Waals surface area contributed by atoms with Crippen molar-refractivity contribution in [3.63, 3.8) is 0 Å². The first-order chi connectivity index (χ1) is 41.2. The normalized spacial score (nSPS) is 17.1. The summed E-state index contributed by atoms with van der Waals surface area (Å²) in [4.78, 5) is 14.6. The van der Waals surface area contributed by atoms with Crippen molar-refractivity contribution in [3.8, 4) is 56.7 Å². The molecule has 13 rings (SSSR count). The van der Waals surface area contributed by atoms with Gasteiger partial charge >= 0.3 is 0 Å². The first-order valence-electron chi connectivity index (χ1n) is 31.2. The van der Waals surface area contributed by atoms with Crippen molar-refractivity contribution < 1.29 is 37.3 Å². The molecule has 6 nitrogen and oxygen atoms in total. The monoisotopic (exact) mass is 829 g/mol. The summed E-state index contributed by atoms with van der Waals surface area (Å²) in [5, 5.41) is -0.154. The van der Waals surface area contributed by atoms with Crippen LogP contribution in [0.4, 0.5) is 0 Å². The molecule has 0 spiro atoms. The molecular formula is C57H35N5O. The fourth-order valence-electron chi connectivity index (χ4n) is 7.82. The summed E-state index contributed by atoms with van der Waals surface area (Å²) in [6, 6.07) is -0.537. The van der Waals surface area contributed by atoms with Gasteiger partial charge in [-0.1, -0.05) is 169 Å². The average molecular weight is 830 g/mol. The summed E-state index contributed by atoms with van der Waals surface area (Å²) >= 11 is 0. The van der Waals surface area contributed by atoms with Gasteiger partial charge in [0.25, 0.3) is 0 Å². The zero-order valence-electron chi connectivity index (χ0n) is 56.0. The largest absolute Gasteiger partial charge is 0.456 e. The minimum absolute atomic E-state index is 0.157. The Morgan fingerprint density at radius 3 is 1.46 bits per heavy atom. The Hall–Kier alpha value is -8.61. The number of para-hydroxylation sites is 3. The van der Waals surface area contributed by atoms with E-state index in [1.54, 1.807) is 24.3 Å². The lowest BCUT2D eigenvalue weighted by atomic mass is 10.0. The Kier molecular flexibility index (Phi) is 4.21. The van der Waals surface area contributed by atoms with Crippen LogP contribution < -0.4 is 0 Å². The second kappa shape index (κ2) is 14.0. The maximum Gasteiger partial charge on any atom is 0.240 e. The Labute approximate surface area is 395 Å². The lowest BCUT2D eigenvalue weighted by Crippen LogP contribution is -2.10. The molecule has 0 bridgehead atoms. The van der Waals surface area contributed by atoms with Crippen molar-refractivity contribution in [2.75, 3.05) is 0 Å². The second-order valence-corrected chi connectivity index (χ2v) is 14.2. The zero-order valence-corrected chi connectivity index (χ0v) is 32.0. The van der Waals surface area contributed by atoms with Crippen LogP contribution in [0.5, 0.6) is 0 Å². The minimum Gasteiger partial charge on any atom is -0.456 e. The lowest BCUT2D eigenvalue weighted by molar-refractivity contribution is 0.669. The maximum absolute atomic E-state index is 10.1. The van der Waals surface area contributed by atoms with Crippen molar-refractivity contribution in [3.05, 3.63) is 212 Å². The highest BCUT2D eigenvalue weighted by molar-refractivity contribution is 6.12. The number of nitrogens with zero attached hydrogens (tertiary/aromatic N) is 5. The van der Waals surface area contributed by atoms with Gasteiger partial charge in [0.05, 0.1) is 55.0 Å². The summed E-state index contributed by atoms with van der Waals surface area (Å²) in [6.45, 7) is 0. The molecule has 63 heavy (non-hydrogen) atoms. The molecule has 13 aromatic rings. The number of furan rings is 1. The van der Waals surface area contributed by atoms with E-state index in [2.05, 4.69) is 0 Å². The van der Waals surface area contributed by atoms with E-state index in [9.17, 15) is 11.0 Å². The molecule has 0 radical (unpaired) electrons. The molecule has 4 heterocycles. The summed E-state index contributed by atoms with van der Waals surface area (Å²) in [7, 11) is 0. The maximum atomic E-state index is 10.1. The number of hydrogen-bond acceptors (Lipinski definition) is 4. The topological polar surface area (TPSA) is 61.7 Å². The molecule has 0 aliphatic carbocycles. The molecule has 0 aliphatic heterocycles. The predicted octanol–water partition coefficient (Wildman–Crippen LogP) is 14.6. The molecule has 9 aromatic carbocycles. The first kappa shape index (κ1) is 19.0. The zero-order chi connectivity index (χ0) is 62.3. The van der Waals surface area contributed by atoms with Crippen molar-refractivity contribution in [2.24, 2.45) is 0 Å². The summed E-state index contributed by atoms with van der Waals surface area (Å²) in [6.07, 6.45) is 0. The highest BCUT2D eigenvalue weighted by Crippen LogP contribution is 2.39. The van der Waals surface area contributed by atoms with E-state index in [0.29, 0.717) is 16.7 Å². The van der Waals surface area contributed by atoms with Gasteiger partial charge in [-0.2, -0.15) is 15.0 Å². The molecule has 0 unspecified atom stereocenters. The van der Waals surface area contributed by atoms with E-state index in [-0.39, 0.29) is 22.2 Å². The molecule has 0 saturated carbocycles. The Balaban J connectivity index is 1.22. The van der Waals surface area contributed by atoms with Crippen LogP contribution in [0, 0.1) is 0 Å². The van der Waals surface area contributed by atoms with Gasteiger partial charge in [-0.15, -0.1) is 0 Å². The van der Waals surface area contributed by atoms with Crippen LogP contribution in [0.1, 0.15) is 32.9 Å². The van der Waals surface area contributed by atoms with Gasteiger partial charge in [0.2, 0.25) is 11.9 Å². The van der Waals surface area contributed by atoms with E-state index in [1.807, 2.05) is 42.5 Å². The van der Waals surface area contributed by atoms with Gasteiger partial charge in [0.1, 0.15) is 11.2 Å². The SMILES string of the molecule is [2H]c1c([2H])c([2H])c(-c2c([2H])c([2H])c3c4c([2H])c([2H])c(-c5c([2H])c([2H])c([2H])c([2H])c5[2H])c([2H])c4n(-c4nc(-c5ccc(-c6ccc7oc8ccccc8c7c6)cc5)nc(-n5c6c([2H])c([2H])c([2H])c([2H])c6c6c([2H])c([2H])c([2H])c([2H])c65)n4)c3c2[2H])c([2H])c1[2H]. The summed E-state index contributed by atoms with van der Waals surface area (Å²) < 4.78 is 225. The predicted molar refractivity (Wildman–Crippen MR) is 258 cm³/mol. The third-order valence-corrected chi connectivity index (χ3v) is 10.7. The second-order valence-electron chi connectivity index (χ2n) is 14.2. The number of rotatable bonds is 6. The van der Waals surface area contributed by atoms with Crippen LogP contribution in [0.3, 0.4) is 0 Å². The first-order valence-corrected chi connectivity index (χ1v) is 19.2. The van der Waals surface area contributed by atoms with Gasteiger partial charge in [0.15, 0.2) is 5.82 Å². The molecular weight excluding hydrogens is 771 g/mol. The van der Waals surface area contributed by atoms with E-state index >= 15 is 0 Å². The fourth-order valence-corrected chi connectivity index (χ4v) is 7.82. The fraction of sp³-hybridized carbons (Fsp3) is 0. The van der Waals surface area contributed by atoms with Gasteiger partial charge in [-0.3, -0.25) is 9.13 Å². The van der Waals surface area contributed by atoms with E-state index < -0.39 is 212 Å². The number of hydrogen-bond donors (Lipinski definition) is 0. The molecule has 0 aliphatic rings. The van der Waals surface area contributed by atoms with Gasteiger partial charge in [-0.05, 0) is 75.7 Å². The number of aromatic nitrogens is 5. The Bertz CT molecular complexity index is 5070. The standard InChI is InChI=1S/C57H35N5O/c1-3-13-36(14-4-1)41-27-30-45-46-31-28-42(37-15-5-2-6-16-37)35-52(46)62(51(45)34-41)57-59-55(58-56(60-57)61-49-20-10-7-17-43(49)44-18-8-11-21-50(44)61)39-25-23-38(24-26-39)40-29-32-54-48(33-40)47-19-9-12-22-53(47)63-54/h1-35H/i1D,2D,3D,4D,5D,6D,7D,8D,10D,11D,13D,14D,15D,16D,17D,18D,20D,21D,27D,28D,30D,31D,34D,35D. The van der Waals surface area contributed by atoms with Gasteiger partial charge in [0, 0.05) is 37.9 Å². The molecule has 0 atom stereocenters. The smallest absolute Gasteiger partial charge is 0.240 e. The van der Waals surface area contributed by atoms with Crippen LogP contribution in [0.25, 0.3) is 122 Å². The van der Waals surface area contributed by atoms with Crippen LogP contribution in [0.2, 0.25) is 0 Å². The average Bonchev–Trinajstić information content (AvgIpc) is 1.57. The van der Waals surface area contributed by atoms with Gasteiger partial charge in [-0.25, -0.2) is 0 Å². The molecule has 294 valence electrons. The number of fused-ring (bicyclic) bond motifs is 9. The molecule has 0 N–H and O–H groups in total. The van der Waals surface area contributed by atoms with Crippen LogP contribution in [-0.2, 0) is 0 Å². The minimum atomic E-state index is -0.914. The Morgan fingerprint density at radius 2 is 0.841 bits per heavy atom. The molecule has 0 fully saturated rings. The van der Waals surface area contributed by atoms with E-state index in [0.717, 1.165) is 25.5 Å². The highest BCUT2D eigenvalue weighted by Gasteiger charge is 2.22. The lowest BCUT2D eigenvalue weighted by Gasteiger charge is -2.13. The van der Waals surface area contributed by atoms with Crippen LogP contribution >= 0.6 is 0 Å². The van der Waals surface area contributed by atoms with E-state index in [1.165, 1.54) is 0 Å². The molecule has 4 aromatic heterocycles. The van der Waals surface area contributed by atoms with Crippen molar-refractivity contribution >= 4 is 65.6 Å². The van der Waals surface area contributed by atoms with Gasteiger partial charge < -0.3 is 4.42 Å². The third-order valence-electron chi connectivity index (χ3n) is 10.7. The van der Waals surface area contributed by atoms with Crippen LogP contribution in [0.15, 0.2) is 216 Å². The van der Waals surface area contributed by atoms with E-state index in [4.69, 9.17) is 41.3 Å². The van der Waals surface area contributed by atoms with Crippen molar-refractivity contribution in [1.29, 1.82) is 0 Å². The van der Waals surface area contributed by atoms with Crippen molar-refractivity contribution in [1.82, 2.24) is 24.1 Å². The van der Waals surface area contributed by atoms with Crippen LogP contribution in [-0.4, -0.2) is 24.1 Å². The summed E-state index contributed by atoms with van der Waals surface area (Å²) in [5.41, 5.74) is -2.17. The Morgan fingerprint density at radius 1 is 0.349 bits per heavy atom. The number of benzene rings is 9. The molecule has 6 heteroatoms. The summed E-state index contributed by atoms with van der Waals surface area (Å²) in [5.74, 6) is -1.70. The quantitative estimate of drug-likeness (QED) is 0.167. The van der Waals surface area contributed by atoms with Crippen molar-refractivity contribution in [2.45, 2.75) is 0 Å². The molecule has 0 amide bonds.